The summed E-state index contributed by atoms with van der Waals surface area (Å²) in [6.45, 7) is 0. The fourth-order valence-electron chi connectivity index (χ4n) is 1.29. The highest BCUT2D eigenvalue weighted by Gasteiger charge is 2.00. The van der Waals surface area contributed by atoms with E-state index in [4.69, 9.17) is 11.6 Å². The molecule has 2 nitrogen and oxygen atoms in total. The Balaban J connectivity index is 1.96. The maximum Gasteiger partial charge on any atom is 0.197 e. The zero-order valence-corrected chi connectivity index (χ0v) is 10.5. The van der Waals surface area contributed by atoms with Gasteiger partial charge in [0.2, 0.25) is 0 Å². The molecule has 0 saturated heterocycles. The molecule has 0 radical (unpaired) electrons. The number of hydrogen-bond donors (Lipinski definition) is 1. The molecule has 0 aliphatic carbocycles. The molecule has 86 valence electrons. The van der Waals surface area contributed by atoms with Gasteiger partial charge < -0.3 is 5.32 Å². The summed E-state index contributed by atoms with van der Waals surface area (Å²) in [6, 6.07) is 11.0. The number of halogens is 1. The molecular formula is C13H10ClNOS. The number of carbonyl (C=O) groups is 1. The Morgan fingerprint density at radius 3 is 2.88 bits per heavy atom. The molecule has 0 amide bonds. The van der Waals surface area contributed by atoms with E-state index in [1.807, 2.05) is 23.6 Å². The van der Waals surface area contributed by atoms with Crippen molar-refractivity contribution in [1.29, 1.82) is 0 Å². The van der Waals surface area contributed by atoms with Gasteiger partial charge in [0.1, 0.15) is 0 Å². The topological polar surface area (TPSA) is 29.1 Å². The first-order valence-electron chi connectivity index (χ1n) is 5.02. The summed E-state index contributed by atoms with van der Waals surface area (Å²) in [4.78, 5) is 12.4. The van der Waals surface area contributed by atoms with E-state index < -0.39 is 0 Å². The van der Waals surface area contributed by atoms with Gasteiger partial charge in [-0.05, 0) is 29.6 Å². The van der Waals surface area contributed by atoms with Crippen LogP contribution >= 0.6 is 22.9 Å². The highest BCUT2D eigenvalue weighted by Crippen LogP contribution is 2.15. The van der Waals surface area contributed by atoms with E-state index in [-0.39, 0.29) is 5.78 Å². The number of ketones is 1. The monoisotopic (exact) mass is 263 g/mol. The van der Waals surface area contributed by atoms with E-state index in [2.05, 4.69) is 5.32 Å². The lowest BCUT2D eigenvalue weighted by Gasteiger charge is -1.99. The van der Waals surface area contributed by atoms with Crippen molar-refractivity contribution >= 4 is 34.4 Å². The summed E-state index contributed by atoms with van der Waals surface area (Å²) >= 11 is 7.27. The molecule has 0 saturated carbocycles. The van der Waals surface area contributed by atoms with Crippen LogP contribution < -0.4 is 5.32 Å². The van der Waals surface area contributed by atoms with Crippen LogP contribution in [-0.4, -0.2) is 5.78 Å². The second kappa shape index (κ2) is 5.66. The number of nitrogens with one attached hydrogen (secondary N) is 1. The third-order valence-electron chi connectivity index (χ3n) is 2.07. The van der Waals surface area contributed by atoms with Crippen molar-refractivity contribution in [1.82, 2.24) is 0 Å². The number of anilines is 1. The van der Waals surface area contributed by atoms with Crippen LogP contribution in [0.5, 0.6) is 0 Å². The number of rotatable bonds is 4. The molecule has 0 aliphatic heterocycles. The van der Waals surface area contributed by atoms with E-state index >= 15 is 0 Å². The van der Waals surface area contributed by atoms with Crippen molar-refractivity contribution in [3.8, 4) is 0 Å². The first-order chi connectivity index (χ1) is 8.25. The van der Waals surface area contributed by atoms with Crippen molar-refractivity contribution in [3.05, 3.63) is 64.0 Å². The zero-order valence-electron chi connectivity index (χ0n) is 8.89. The Hall–Kier alpha value is -1.58. The summed E-state index contributed by atoms with van der Waals surface area (Å²) < 4.78 is 0. The van der Waals surface area contributed by atoms with Gasteiger partial charge in [-0.3, -0.25) is 4.79 Å². The minimum absolute atomic E-state index is 0.00507. The van der Waals surface area contributed by atoms with Gasteiger partial charge in [-0.1, -0.05) is 23.7 Å². The molecule has 0 atom stereocenters. The SMILES string of the molecule is O=C(/C=C\Nc1cccc(Cl)c1)c1cccs1. The lowest BCUT2D eigenvalue weighted by Crippen LogP contribution is -1.93. The maximum atomic E-state index is 11.6. The number of hydrogen-bond acceptors (Lipinski definition) is 3. The Labute approximate surface area is 109 Å². The van der Waals surface area contributed by atoms with E-state index in [0.717, 1.165) is 10.6 Å². The van der Waals surface area contributed by atoms with E-state index in [1.54, 1.807) is 24.4 Å². The third kappa shape index (κ3) is 3.44. The van der Waals surface area contributed by atoms with Crippen LogP contribution in [-0.2, 0) is 0 Å². The van der Waals surface area contributed by atoms with Crippen molar-refractivity contribution in [2.45, 2.75) is 0 Å². The minimum atomic E-state index is -0.00507. The van der Waals surface area contributed by atoms with Gasteiger partial charge in [0.15, 0.2) is 5.78 Å². The van der Waals surface area contributed by atoms with Crippen LogP contribution in [0.25, 0.3) is 0 Å². The molecule has 0 bridgehead atoms. The molecular weight excluding hydrogens is 254 g/mol. The predicted molar refractivity (Wildman–Crippen MR) is 72.9 cm³/mol. The molecule has 1 N–H and O–H groups in total. The van der Waals surface area contributed by atoms with Gasteiger partial charge in [0, 0.05) is 23.0 Å². The largest absolute Gasteiger partial charge is 0.362 e. The normalized spacial score (nSPS) is 10.6. The quantitative estimate of drug-likeness (QED) is 0.661. The van der Waals surface area contributed by atoms with Crippen LogP contribution in [0.4, 0.5) is 5.69 Å². The molecule has 0 spiro atoms. The lowest BCUT2D eigenvalue weighted by atomic mass is 10.3. The van der Waals surface area contributed by atoms with Gasteiger partial charge in [0.25, 0.3) is 0 Å². The van der Waals surface area contributed by atoms with Gasteiger partial charge in [0.05, 0.1) is 4.88 Å². The minimum Gasteiger partial charge on any atom is -0.362 e. The van der Waals surface area contributed by atoms with E-state index in [9.17, 15) is 4.79 Å². The van der Waals surface area contributed by atoms with Crippen molar-refractivity contribution in [2.24, 2.45) is 0 Å². The lowest BCUT2D eigenvalue weighted by molar-refractivity contribution is 0.105. The summed E-state index contributed by atoms with van der Waals surface area (Å²) in [6.07, 6.45) is 3.13. The first-order valence-corrected chi connectivity index (χ1v) is 6.28. The van der Waals surface area contributed by atoms with Crippen molar-refractivity contribution in [3.63, 3.8) is 0 Å². The van der Waals surface area contributed by atoms with Crippen LogP contribution in [0.15, 0.2) is 54.1 Å². The highest BCUT2D eigenvalue weighted by molar-refractivity contribution is 7.12. The van der Waals surface area contributed by atoms with Crippen molar-refractivity contribution in [2.75, 3.05) is 5.32 Å². The van der Waals surface area contributed by atoms with Gasteiger partial charge in [-0.15, -0.1) is 11.3 Å². The second-order valence-corrected chi connectivity index (χ2v) is 4.71. The van der Waals surface area contributed by atoms with Crippen LogP contribution in [0.3, 0.4) is 0 Å². The van der Waals surface area contributed by atoms with Gasteiger partial charge in [-0.25, -0.2) is 0 Å². The smallest absolute Gasteiger partial charge is 0.197 e. The molecule has 4 heteroatoms. The Morgan fingerprint density at radius 2 is 2.18 bits per heavy atom. The molecule has 0 fully saturated rings. The Kier molecular flexibility index (Phi) is 3.96. The van der Waals surface area contributed by atoms with Gasteiger partial charge >= 0.3 is 0 Å². The average Bonchev–Trinajstić information content (AvgIpc) is 2.82. The number of benzene rings is 1. The summed E-state index contributed by atoms with van der Waals surface area (Å²) in [5, 5.41) is 5.54. The number of allylic oxidation sites excluding steroid dienone is 1. The summed E-state index contributed by atoms with van der Waals surface area (Å²) in [7, 11) is 0. The fourth-order valence-corrected chi connectivity index (χ4v) is 2.13. The van der Waals surface area contributed by atoms with Crippen LogP contribution in [0.2, 0.25) is 5.02 Å². The molecule has 1 aromatic heterocycles. The molecule has 0 aliphatic rings. The van der Waals surface area contributed by atoms with Crippen LogP contribution in [0, 0.1) is 0 Å². The Morgan fingerprint density at radius 1 is 1.29 bits per heavy atom. The average molecular weight is 264 g/mol. The third-order valence-corrected chi connectivity index (χ3v) is 3.19. The maximum absolute atomic E-state index is 11.6. The molecule has 1 aromatic carbocycles. The van der Waals surface area contributed by atoms with E-state index in [0.29, 0.717) is 5.02 Å². The van der Waals surface area contributed by atoms with Crippen LogP contribution in [0.1, 0.15) is 9.67 Å². The summed E-state index contributed by atoms with van der Waals surface area (Å²) in [5.74, 6) is -0.00507. The van der Waals surface area contributed by atoms with E-state index in [1.165, 1.54) is 17.4 Å². The van der Waals surface area contributed by atoms with Gasteiger partial charge in [-0.2, -0.15) is 0 Å². The first kappa shape index (κ1) is 11.9. The fraction of sp³-hybridized carbons (Fsp3) is 0. The zero-order chi connectivity index (χ0) is 12.1. The highest BCUT2D eigenvalue weighted by atomic mass is 35.5. The molecule has 2 rings (SSSR count). The summed E-state index contributed by atoms with van der Waals surface area (Å²) in [5.41, 5.74) is 0.854. The van der Waals surface area contributed by atoms with Crippen molar-refractivity contribution < 1.29 is 4.79 Å². The molecule has 17 heavy (non-hydrogen) atoms. The molecule has 1 heterocycles. The Bertz CT molecular complexity index is 534. The number of carbonyl (C=O) groups excluding carboxylic acids is 1. The standard InChI is InChI=1S/C13H10ClNOS/c14-10-3-1-4-11(9-10)15-7-6-12(16)13-5-2-8-17-13/h1-9,15H/b7-6-. The molecule has 0 unspecified atom stereocenters. The predicted octanol–water partition coefficient (Wildman–Crippen LogP) is 4.21. The number of thiophene rings is 1. The molecule has 2 aromatic rings. The second-order valence-electron chi connectivity index (χ2n) is 3.33.